The Morgan fingerprint density at radius 3 is 2.61 bits per heavy atom. The van der Waals surface area contributed by atoms with Crippen LogP contribution in [0.15, 0.2) is 66.9 Å². The van der Waals surface area contributed by atoms with E-state index in [1.165, 1.54) is 5.56 Å². The zero-order chi connectivity index (χ0) is 19.7. The minimum atomic E-state index is -0.172. The van der Waals surface area contributed by atoms with E-state index < -0.39 is 0 Å². The standard InChI is InChI=1S/C23H20ClN3O/c1-3-16-8-10-17(11-9-16)23(28)26-22-21(18-5-4-6-19(24)13-18)25-20-12-7-15(2)14-27(20)22/h4-14H,3H2,1-2H3,(H,26,28). The van der Waals surface area contributed by atoms with Gasteiger partial charge in [-0.1, -0.05) is 48.9 Å². The number of carbonyl (C=O) groups excluding carboxylic acids is 1. The van der Waals surface area contributed by atoms with Gasteiger partial charge < -0.3 is 5.32 Å². The van der Waals surface area contributed by atoms with Gasteiger partial charge in [-0.15, -0.1) is 0 Å². The van der Waals surface area contributed by atoms with Crippen LogP contribution in [-0.4, -0.2) is 15.3 Å². The van der Waals surface area contributed by atoms with Gasteiger partial charge in [0.15, 0.2) is 0 Å². The van der Waals surface area contributed by atoms with E-state index in [0.717, 1.165) is 23.2 Å². The number of aryl methyl sites for hydroxylation is 2. The summed E-state index contributed by atoms with van der Waals surface area (Å²) in [7, 11) is 0. The fraction of sp³-hybridized carbons (Fsp3) is 0.130. The Morgan fingerprint density at radius 1 is 1.11 bits per heavy atom. The molecule has 2 aromatic heterocycles. The molecular weight excluding hydrogens is 370 g/mol. The molecule has 2 heterocycles. The molecule has 0 fully saturated rings. The van der Waals surface area contributed by atoms with Gasteiger partial charge in [0.05, 0.1) is 0 Å². The monoisotopic (exact) mass is 389 g/mol. The van der Waals surface area contributed by atoms with E-state index in [0.29, 0.717) is 22.1 Å². The van der Waals surface area contributed by atoms with Crippen molar-refractivity contribution in [3.8, 4) is 11.3 Å². The summed E-state index contributed by atoms with van der Waals surface area (Å²) in [6, 6.07) is 19.1. The van der Waals surface area contributed by atoms with E-state index in [4.69, 9.17) is 16.6 Å². The van der Waals surface area contributed by atoms with Crippen molar-refractivity contribution in [2.75, 3.05) is 5.32 Å². The van der Waals surface area contributed by atoms with Crippen molar-refractivity contribution in [2.24, 2.45) is 0 Å². The number of hydrogen-bond acceptors (Lipinski definition) is 2. The summed E-state index contributed by atoms with van der Waals surface area (Å²) in [6.45, 7) is 4.10. The summed E-state index contributed by atoms with van der Waals surface area (Å²) in [5.74, 6) is 0.458. The average molecular weight is 390 g/mol. The van der Waals surface area contributed by atoms with Gasteiger partial charge in [0, 0.05) is 22.3 Å². The minimum absolute atomic E-state index is 0.172. The molecule has 0 saturated heterocycles. The minimum Gasteiger partial charge on any atom is -0.306 e. The molecule has 0 saturated carbocycles. The van der Waals surface area contributed by atoms with Gasteiger partial charge in [0.1, 0.15) is 17.2 Å². The number of hydrogen-bond donors (Lipinski definition) is 1. The second-order valence-corrected chi connectivity index (χ2v) is 7.20. The van der Waals surface area contributed by atoms with E-state index in [1.807, 2.05) is 78.2 Å². The summed E-state index contributed by atoms with van der Waals surface area (Å²) in [5.41, 5.74) is 5.18. The van der Waals surface area contributed by atoms with Crippen LogP contribution in [0.1, 0.15) is 28.4 Å². The molecule has 140 valence electrons. The first-order valence-electron chi connectivity index (χ1n) is 9.20. The maximum atomic E-state index is 12.9. The van der Waals surface area contributed by atoms with Gasteiger partial charge in [-0.05, 0) is 54.8 Å². The largest absolute Gasteiger partial charge is 0.306 e. The molecule has 4 nitrogen and oxygen atoms in total. The van der Waals surface area contributed by atoms with Crippen LogP contribution in [0.4, 0.5) is 5.82 Å². The molecule has 0 radical (unpaired) electrons. The Bertz CT molecular complexity index is 1160. The maximum absolute atomic E-state index is 12.9. The molecular formula is C23H20ClN3O. The Balaban J connectivity index is 1.80. The average Bonchev–Trinajstić information content (AvgIpc) is 3.05. The molecule has 0 aliphatic rings. The second-order valence-electron chi connectivity index (χ2n) is 6.76. The van der Waals surface area contributed by atoms with Crippen LogP contribution in [0.2, 0.25) is 5.02 Å². The van der Waals surface area contributed by atoms with Crippen LogP contribution in [0.25, 0.3) is 16.9 Å². The SMILES string of the molecule is CCc1ccc(C(=O)Nc2c(-c3cccc(Cl)c3)nc3ccc(C)cn23)cc1. The summed E-state index contributed by atoms with van der Waals surface area (Å²) in [5, 5.41) is 3.67. The highest BCUT2D eigenvalue weighted by Crippen LogP contribution is 2.31. The topological polar surface area (TPSA) is 46.4 Å². The highest BCUT2D eigenvalue weighted by molar-refractivity contribution is 6.30. The molecule has 4 aromatic rings. The first kappa shape index (κ1) is 18.3. The number of amides is 1. The van der Waals surface area contributed by atoms with E-state index in [1.54, 1.807) is 0 Å². The smallest absolute Gasteiger partial charge is 0.256 e. The van der Waals surface area contributed by atoms with Gasteiger partial charge in [0.2, 0.25) is 0 Å². The van der Waals surface area contributed by atoms with E-state index >= 15 is 0 Å². The van der Waals surface area contributed by atoms with Crippen molar-refractivity contribution >= 4 is 29.0 Å². The van der Waals surface area contributed by atoms with Crippen molar-refractivity contribution < 1.29 is 4.79 Å². The Kier molecular flexibility index (Phi) is 4.88. The normalized spacial score (nSPS) is 11.0. The first-order valence-corrected chi connectivity index (χ1v) is 9.58. The third-order valence-corrected chi connectivity index (χ3v) is 4.96. The number of pyridine rings is 1. The molecule has 0 aliphatic carbocycles. The molecule has 4 rings (SSSR count). The number of nitrogens with one attached hydrogen (secondary N) is 1. The fourth-order valence-electron chi connectivity index (χ4n) is 3.18. The number of nitrogens with zero attached hydrogens (tertiary/aromatic N) is 2. The molecule has 0 spiro atoms. The molecule has 28 heavy (non-hydrogen) atoms. The lowest BCUT2D eigenvalue weighted by atomic mass is 10.1. The Hall–Kier alpha value is -3.11. The van der Waals surface area contributed by atoms with Gasteiger partial charge in [-0.2, -0.15) is 0 Å². The van der Waals surface area contributed by atoms with Gasteiger partial charge in [-0.25, -0.2) is 4.98 Å². The van der Waals surface area contributed by atoms with Crippen molar-refractivity contribution in [3.63, 3.8) is 0 Å². The lowest BCUT2D eigenvalue weighted by molar-refractivity contribution is 0.102. The van der Waals surface area contributed by atoms with Crippen molar-refractivity contribution in [3.05, 3.63) is 88.6 Å². The van der Waals surface area contributed by atoms with Crippen molar-refractivity contribution in [2.45, 2.75) is 20.3 Å². The van der Waals surface area contributed by atoms with E-state index in [2.05, 4.69) is 12.2 Å². The Morgan fingerprint density at radius 2 is 1.89 bits per heavy atom. The number of fused-ring (bicyclic) bond motifs is 1. The summed E-state index contributed by atoms with van der Waals surface area (Å²) in [4.78, 5) is 17.6. The molecule has 0 atom stereocenters. The second kappa shape index (κ2) is 7.49. The zero-order valence-corrected chi connectivity index (χ0v) is 16.5. The molecule has 5 heteroatoms. The molecule has 1 N–H and O–H groups in total. The number of benzene rings is 2. The van der Waals surface area contributed by atoms with E-state index in [-0.39, 0.29) is 5.91 Å². The zero-order valence-electron chi connectivity index (χ0n) is 15.7. The predicted molar refractivity (Wildman–Crippen MR) is 114 cm³/mol. The molecule has 2 aromatic carbocycles. The molecule has 0 unspecified atom stereocenters. The molecule has 0 aliphatic heterocycles. The summed E-state index contributed by atoms with van der Waals surface area (Å²) in [6.07, 6.45) is 2.90. The number of carbonyl (C=O) groups is 1. The van der Waals surface area contributed by atoms with Crippen LogP contribution in [0.5, 0.6) is 0 Å². The fourth-order valence-corrected chi connectivity index (χ4v) is 3.37. The van der Waals surface area contributed by atoms with Crippen LogP contribution in [0.3, 0.4) is 0 Å². The summed E-state index contributed by atoms with van der Waals surface area (Å²) < 4.78 is 1.91. The van der Waals surface area contributed by atoms with E-state index in [9.17, 15) is 4.79 Å². The maximum Gasteiger partial charge on any atom is 0.256 e. The number of anilines is 1. The van der Waals surface area contributed by atoms with Crippen LogP contribution in [-0.2, 0) is 6.42 Å². The highest BCUT2D eigenvalue weighted by atomic mass is 35.5. The van der Waals surface area contributed by atoms with Crippen LogP contribution in [0, 0.1) is 6.92 Å². The van der Waals surface area contributed by atoms with Crippen molar-refractivity contribution in [1.29, 1.82) is 0 Å². The van der Waals surface area contributed by atoms with Crippen molar-refractivity contribution in [1.82, 2.24) is 9.38 Å². The third kappa shape index (κ3) is 3.51. The van der Waals surface area contributed by atoms with Crippen LogP contribution < -0.4 is 5.32 Å². The lowest BCUT2D eigenvalue weighted by Gasteiger charge is -2.09. The summed E-state index contributed by atoms with van der Waals surface area (Å²) >= 11 is 6.18. The molecule has 1 amide bonds. The quantitative estimate of drug-likeness (QED) is 0.481. The number of halogens is 1. The predicted octanol–water partition coefficient (Wildman–Crippen LogP) is 5.78. The lowest BCUT2D eigenvalue weighted by Crippen LogP contribution is -2.14. The number of imidazole rings is 1. The number of aromatic nitrogens is 2. The third-order valence-electron chi connectivity index (χ3n) is 4.72. The highest BCUT2D eigenvalue weighted by Gasteiger charge is 2.17. The number of rotatable bonds is 4. The van der Waals surface area contributed by atoms with Gasteiger partial charge >= 0.3 is 0 Å². The van der Waals surface area contributed by atoms with Gasteiger partial charge in [-0.3, -0.25) is 9.20 Å². The van der Waals surface area contributed by atoms with Crippen LogP contribution >= 0.6 is 11.6 Å². The first-order chi connectivity index (χ1) is 13.5. The van der Waals surface area contributed by atoms with Gasteiger partial charge in [0.25, 0.3) is 5.91 Å². The Labute approximate surface area is 168 Å². The molecule has 0 bridgehead atoms.